The third kappa shape index (κ3) is 2.46. The van der Waals surface area contributed by atoms with E-state index in [1.54, 1.807) is 18.2 Å². The average Bonchev–Trinajstić information content (AvgIpc) is 2.85. The number of nitroso groups, excluding NO2 is 1. The van der Waals surface area contributed by atoms with E-state index in [1.165, 1.54) is 6.92 Å². The van der Waals surface area contributed by atoms with E-state index in [4.69, 9.17) is 11.6 Å². The van der Waals surface area contributed by atoms with Crippen LogP contribution in [0.1, 0.15) is 6.92 Å². The van der Waals surface area contributed by atoms with E-state index >= 15 is 0 Å². The van der Waals surface area contributed by atoms with Gasteiger partial charge in [-0.3, -0.25) is 4.79 Å². The molecule has 110 valence electrons. The first-order valence-corrected chi connectivity index (χ1v) is 6.99. The Bertz CT molecular complexity index is 886. The zero-order valence-electron chi connectivity index (χ0n) is 11.7. The summed E-state index contributed by atoms with van der Waals surface area (Å²) in [6.45, 7) is 1.41. The molecule has 0 aliphatic heterocycles. The molecule has 0 saturated heterocycles. The minimum atomic E-state index is -0.222. The third-order valence-electron chi connectivity index (χ3n) is 3.33. The summed E-state index contributed by atoms with van der Waals surface area (Å²) in [5.74, 6) is -0.222. The van der Waals surface area contributed by atoms with Crippen molar-refractivity contribution in [1.82, 2.24) is 4.98 Å². The number of fused-ring (bicyclic) bond motifs is 1. The second-order valence-electron chi connectivity index (χ2n) is 4.86. The Balaban J connectivity index is 2.27. The largest absolute Gasteiger partial charge is 0.353 e. The van der Waals surface area contributed by atoms with Gasteiger partial charge in [-0.15, -0.1) is 4.91 Å². The minimum Gasteiger partial charge on any atom is -0.353 e. The highest BCUT2D eigenvalue weighted by Crippen LogP contribution is 2.40. The van der Waals surface area contributed by atoms with Crippen LogP contribution >= 0.6 is 11.6 Å². The van der Waals surface area contributed by atoms with Gasteiger partial charge in [0.25, 0.3) is 0 Å². The van der Waals surface area contributed by atoms with Crippen molar-refractivity contribution in [1.29, 1.82) is 0 Å². The molecule has 1 heterocycles. The van der Waals surface area contributed by atoms with Crippen LogP contribution in [-0.4, -0.2) is 10.9 Å². The highest BCUT2D eigenvalue weighted by Gasteiger charge is 2.17. The second-order valence-corrected chi connectivity index (χ2v) is 5.29. The Hall–Kier alpha value is -2.66. The quantitative estimate of drug-likeness (QED) is 0.679. The van der Waals surface area contributed by atoms with Gasteiger partial charge in [0.1, 0.15) is 5.69 Å². The van der Waals surface area contributed by atoms with Crippen LogP contribution < -0.4 is 5.32 Å². The van der Waals surface area contributed by atoms with Crippen LogP contribution in [0.5, 0.6) is 0 Å². The van der Waals surface area contributed by atoms with Crippen LogP contribution in [0.4, 0.5) is 11.4 Å². The molecule has 0 unspecified atom stereocenters. The third-order valence-corrected chi connectivity index (χ3v) is 3.57. The zero-order valence-corrected chi connectivity index (χ0v) is 12.4. The SMILES string of the molecule is CC(=O)Nc1cc(Cl)ccc1-c1[nH]c2ccccc2c1N=O. The number of nitrogens with zero attached hydrogens (tertiary/aromatic N) is 1. The first-order chi connectivity index (χ1) is 10.6. The van der Waals surface area contributed by atoms with Crippen molar-refractivity contribution in [2.45, 2.75) is 6.92 Å². The number of hydrogen-bond donors (Lipinski definition) is 2. The van der Waals surface area contributed by atoms with Crippen LogP contribution in [0.3, 0.4) is 0 Å². The fourth-order valence-electron chi connectivity index (χ4n) is 2.44. The molecule has 3 aromatic rings. The molecule has 2 aromatic carbocycles. The Morgan fingerprint density at radius 1 is 1.23 bits per heavy atom. The fraction of sp³-hybridized carbons (Fsp3) is 0.0625. The van der Waals surface area contributed by atoms with E-state index in [9.17, 15) is 9.70 Å². The molecular weight excluding hydrogens is 302 g/mol. The van der Waals surface area contributed by atoms with Crippen molar-refractivity contribution in [2.75, 3.05) is 5.32 Å². The van der Waals surface area contributed by atoms with Gasteiger partial charge in [-0.25, -0.2) is 0 Å². The van der Waals surface area contributed by atoms with E-state index in [1.807, 2.05) is 24.3 Å². The van der Waals surface area contributed by atoms with Crippen LogP contribution in [0.15, 0.2) is 47.6 Å². The number of benzene rings is 2. The summed E-state index contributed by atoms with van der Waals surface area (Å²) >= 11 is 5.99. The van der Waals surface area contributed by atoms with E-state index < -0.39 is 0 Å². The summed E-state index contributed by atoms with van der Waals surface area (Å²) < 4.78 is 0. The molecule has 0 radical (unpaired) electrons. The molecule has 3 rings (SSSR count). The first-order valence-electron chi connectivity index (χ1n) is 6.61. The van der Waals surface area contributed by atoms with Gasteiger partial charge in [0, 0.05) is 28.4 Å². The van der Waals surface area contributed by atoms with Gasteiger partial charge < -0.3 is 10.3 Å². The topological polar surface area (TPSA) is 74.3 Å². The molecule has 1 aromatic heterocycles. The number of H-pyrrole nitrogens is 1. The standard InChI is InChI=1S/C16H12ClN3O2/c1-9(21)18-14-8-10(17)6-7-12(14)15-16(20-22)11-4-2-3-5-13(11)19-15/h2-8,19H,1H3,(H,18,21). The maximum absolute atomic E-state index is 11.4. The molecule has 0 atom stereocenters. The number of para-hydroxylation sites is 1. The zero-order chi connectivity index (χ0) is 15.7. The molecule has 5 nitrogen and oxygen atoms in total. The molecular formula is C16H12ClN3O2. The highest BCUT2D eigenvalue weighted by molar-refractivity contribution is 6.31. The van der Waals surface area contributed by atoms with Gasteiger partial charge in [0.05, 0.1) is 11.4 Å². The summed E-state index contributed by atoms with van der Waals surface area (Å²) in [6.07, 6.45) is 0. The van der Waals surface area contributed by atoms with Gasteiger partial charge in [-0.1, -0.05) is 29.8 Å². The van der Waals surface area contributed by atoms with Crippen LogP contribution in [-0.2, 0) is 4.79 Å². The lowest BCUT2D eigenvalue weighted by Gasteiger charge is -2.09. The maximum atomic E-state index is 11.4. The van der Waals surface area contributed by atoms with Crippen molar-refractivity contribution in [3.8, 4) is 11.3 Å². The monoisotopic (exact) mass is 313 g/mol. The van der Waals surface area contributed by atoms with Crippen LogP contribution in [0, 0.1) is 4.91 Å². The second kappa shape index (κ2) is 5.61. The number of rotatable bonds is 3. The van der Waals surface area contributed by atoms with E-state index in [-0.39, 0.29) is 5.91 Å². The minimum absolute atomic E-state index is 0.222. The lowest BCUT2D eigenvalue weighted by molar-refractivity contribution is -0.114. The summed E-state index contributed by atoms with van der Waals surface area (Å²) in [6, 6.07) is 12.5. The van der Waals surface area contributed by atoms with Crippen LogP contribution in [0.2, 0.25) is 5.02 Å². The fourth-order valence-corrected chi connectivity index (χ4v) is 2.62. The molecule has 22 heavy (non-hydrogen) atoms. The van der Waals surface area contributed by atoms with Gasteiger partial charge in [-0.2, -0.15) is 0 Å². The lowest BCUT2D eigenvalue weighted by Crippen LogP contribution is -2.07. The summed E-state index contributed by atoms with van der Waals surface area (Å²) in [5.41, 5.74) is 2.85. The number of amides is 1. The molecule has 0 saturated carbocycles. The van der Waals surface area contributed by atoms with E-state index in [0.29, 0.717) is 27.7 Å². The lowest BCUT2D eigenvalue weighted by atomic mass is 10.1. The highest BCUT2D eigenvalue weighted by atomic mass is 35.5. The summed E-state index contributed by atoms with van der Waals surface area (Å²) in [5, 5.41) is 7.09. The van der Waals surface area contributed by atoms with Gasteiger partial charge >= 0.3 is 0 Å². The smallest absolute Gasteiger partial charge is 0.221 e. The van der Waals surface area contributed by atoms with Crippen molar-refractivity contribution < 1.29 is 4.79 Å². The van der Waals surface area contributed by atoms with E-state index in [2.05, 4.69) is 15.5 Å². The maximum Gasteiger partial charge on any atom is 0.221 e. The van der Waals surface area contributed by atoms with Crippen molar-refractivity contribution in [2.24, 2.45) is 5.18 Å². The molecule has 0 fully saturated rings. The molecule has 0 spiro atoms. The number of anilines is 1. The van der Waals surface area contributed by atoms with Gasteiger partial charge in [0.2, 0.25) is 5.91 Å². The average molecular weight is 314 g/mol. The van der Waals surface area contributed by atoms with Crippen molar-refractivity contribution in [3.63, 3.8) is 0 Å². The van der Waals surface area contributed by atoms with Crippen molar-refractivity contribution in [3.05, 3.63) is 52.4 Å². The number of carbonyl (C=O) groups is 1. The number of nitrogens with one attached hydrogen (secondary N) is 2. The van der Waals surface area contributed by atoms with E-state index in [0.717, 1.165) is 10.9 Å². The van der Waals surface area contributed by atoms with Crippen molar-refractivity contribution >= 4 is 39.8 Å². The number of halogens is 1. The van der Waals surface area contributed by atoms with Crippen LogP contribution in [0.25, 0.3) is 22.2 Å². The van der Waals surface area contributed by atoms with Gasteiger partial charge in [-0.05, 0) is 29.4 Å². The molecule has 0 bridgehead atoms. The van der Waals surface area contributed by atoms with Gasteiger partial charge in [0.15, 0.2) is 0 Å². The predicted molar refractivity (Wildman–Crippen MR) is 88.5 cm³/mol. The first kappa shape index (κ1) is 14.3. The Morgan fingerprint density at radius 3 is 2.73 bits per heavy atom. The number of aromatic nitrogens is 1. The number of hydrogen-bond acceptors (Lipinski definition) is 3. The number of carbonyl (C=O) groups excluding carboxylic acids is 1. The normalized spacial score (nSPS) is 10.6. The Morgan fingerprint density at radius 2 is 2.00 bits per heavy atom. The predicted octanol–water partition coefficient (Wildman–Crippen LogP) is 4.84. The number of aromatic amines is 1. The Labute approximate surface area is 131 Å². The summed E-state index contributed by atoms with van der Waals surface area (Å²) in [7, 11) is 0. The molecule has 0 aliphatic carbocycles. The molecule has 0 aliphatic rings. The molecule has 1 amide bonds. The molecule has 6 heteroatoms. The molecule has 2 N–H and O–H groups in total. The summed E-state index contributed by atoms with van der Waals surface area (Å²) in [4.78, 5) is 25.9. The Kier molecular flexibility index (Phi) is 3.65.